The Morgan fingerprint density at radius 3 is 2.32 bits per heavy atom. The van der Waals surface area contributed by atoms with Crippen LogP contribution < -0.4 is 5.32 Å². The van der Waals surface area contributed by atoms with Crippen LogP contribution in [0.1, 0.15) is 58.8 Å². The molecule has 1 N–H and O–H groups in total. The zero-order valence-electron chi connectivity index (χ0n) is 12.4. The predicted molar refractivity (Wildman–Crippen MR) is 81.7 cm³/mol. The van der Waals surface area contributed by atoms with E-state index in [0.717, 1.165) is 31.8 Å². The molecule has 0 bridgehead atoms. The summed E-state index contributed by atoms with van der Waals surface area (Å²) in [5.41, 5.74) is 0. The number of carbonyl (C=O) groups excluding carboxylic acids is 1. The first-order valence-electron chi connectivity index (χ1n) is 7.70. The van der Waals surface area contributed by atoms with Crippen molar-refractivity contribution >= 4 is 18.3 Å². The lowest BCUT2D eigenvalue weighted by Crippen LogP contribution is -2.48. The van der Waals surface area contributed by atoms with Crippen LogP contribution in [-0.2, 0) is 4.79 Å². The van der Waals surface area contributed by atoms with Gasteiger partial charge in [0.2, 0.25) is 5.91 Å². The van der Waals surface area contributed by atoms with Crippen molar-refractivity contribution in [2.24, 2.45) is 5.92 Å². The summed E-state index contributed by atoms with van der Waals surface area (Å²) in [6, 6.07) is 0.918. The summed E-state index contributed by atoms with van der Waals surface area (Å²) in [4.78, 5) is 14.5. The van der Waals surface area contributed by atoms with Crippen LogP contribution in [0.25, 0.3) is 0 Å². The Morgan fingerprint density at radius 2 is 1.84 bits per heavy atom. The number of nitrogens with one attached hydrogen (secondary N) is 1. The molecule has 3 nitrogen and oxygen atoms in total. The van der Waals surface area contributed by atoms with E-state index in [-0.39, 0.29) is 12.4 Å². The van der Waals surface area contributed by atoms with Gasteiger partial charge in [0.05, 0.1) is 0 Å². The van der Waals surface area contributed by atoms with Gasteiger partial charge in [0, 0.05) is 18.5 Å². The molecule has 112 valence electrons. The molecule has 0 aromatic rings. The minimum Gasteiger partial charge on any atom is -0.337 e. The lowest BCUT2D eigenvalue weighted by molar-refractivity contribution is -0.137. The number of piperidine rings is 1. The molecular formula is C15H29ClN2O. The van der Waals surface area contributed by atoms with E-state index in [1.165, 1.54) is 32.1 Å². The van der Waals surface area contributed by atoms with Crippen LogP contribution in [0.2, 0.25) is 0 Å². The topological polar surface area (TPSA) is 32.3 Å². The lowest BCUT2D eigenvalue weighted by atomic mass is 9.89. The molecule has 1 aliphatic carbocycles. The predicted octanol–water partition coefficient (Wildman–Crippen LogP) is 2.98. The van der Waals surface area contributed by atoms with E-state index in [2.05, 4.69) is 24.1 Å². The number of rotatable bonds is 5. The molecule has 0 unspecified atom stereocenters. The van der Waals surface area contributed by atoms with Crippen LogP contribution in [0, 0.1) is 5.92 Å². The zero-order valence-corrected chi connectivity index (χ0v) is 13.2. The highest BCUT2D eigenvalue weighted by Crippen LogP contribution is 2.28. The highest BCUT2D eigenvalue weighted by atomic mass is 35.5. The van der Waals surface area contributed by atoms with E-state index in [9.17, 15) is 4.79 Å². The van der Waals surface area contributed by atoms with Gasteiger partial charge in [-0.05, 0) is 71.4 Å². The molecule has 1 saturated heterocycles. The van der Waals surface area contributed by atoms with Crippen molar-refractivity contribution in [3.05, 3.63) is 0 Å². The van der Waals surface area contributed by atoms with Crippen molar-refractivity contribution in [3.63, 3.8) is 0 Å². The van der Waals surface area contributed by atoms with Gasteiger partial charge in [-0.25, -0.2) is 0 Å². The number of nitrogens with zero attached hydrogens (tertiary/aromatic N) is 1. The molecule has 4 heteroatoms. The number of hydrogen-bond donors (Lipinski definition) is 1. The largest absolute Gasteiger partial charge is 0.337 e. The third-order valence-corrected chi connectivity index (χ3v) is 4.54. The third kappa shape index (κ3) is 4.64. The first-order chi connectivity index (χ1) is 8.68. The van der Waals surface area contributed by atoms with Gasteiger partial charge in [0.1, 0.15) is 0 Å². The van der Waals surface area contributed by atoms with Crippen molar-refractivity contribution < 1.29 is 4.79 Å². The summed E-state index contributed by atoms with van der Waals surface area (Å²) < 4.78 is 0. The van der Waals surface area contributed by atoms with Crippen molar-refractivity contribution in [3.8, 4) is 0 Å². The number of carbonyl (C=O) groups is 1. The molecular weight excluding hydrogens is 260 g/mol. The molecule has 0 aromatic carbocycles. The molecule has 1 aliphatic heterocycles. The smallest absolute Gasteiger partial charge is 0.223 e. The standard InChI is InChI=1S/C15H28N2O.ClH/c1-12(2)17(14-4-3-5-14)15(18)7-6-13-8-10-16-11-9-13;/h12-14,16H,3-11H2,1-2H3;1H. The maximum Gasteiger partial charge on any atom is 0.223 e. The molecule has 0 spiro atoms. The number of halogens is 1. The second-order valence-corrected chi connectivity index (χ2v) is 6.21. The van der Waals surface area contributed by atoms with Crippen LogP contribution in [0.15, 0.2) is 0 Å². The second-order valence-electron chi connectivity index (χ2n) is 6.21. The van der Waals surface area contributed by atoms with Crippen molar-refractivity contribution in [1.82, 2.24) is 10.2 Å². The fourth-order valence-electron chi connectivity index (χ4n) is 3.21. The highest BCUT2D eigenvalue weighted by molar-refractivity contribution is 5.85. The summed E-state index contributed by atoms with van der Waals surface area (Å²) in [7, 11) is 0. The van der Waals surface area contributed by atoms with Gasteiger partial charge < -0.3 is 10.2 Å². The van der Waals surface area contributed by atoms with Gasteiger partial charge in [-0.2, -0.15) is 0 Å². The maximum atomic E-state index is 12.4. The first kappa shape index (κ1) is 16.8. The average Bonchev–Trinajstić information content (AvgIpc) is 2.31. The Balaban J connectivity index is 0.00000180. The van der Waals surface area contributed by atoms with Gasteiger partial charge in [-0.3, -0.25) is 4.79 Å². The fraction of sp³-hybridized carbons (Fsp3) is 0.933. The molecule has 2 aliphatic rings. The van der Waals surface area contributed by atoms with Gasteiger partial charge in [-0.1, -0.05) is 0 Å². The van der Waals surface area contributed by atoms with E-state index in [4.69, 9.17) is 0 Å². The van der Waals surface area contributed by atoms with E-state index in [1.807, 2.05) is 0 Å². The summed E-state index contributed by atoms with van der Waals surface area (Å²) in [5.74, 6) is 1.17. The summed E-state index contributed by atoms with van der Waals surface area (Å²) in [6.45, 7) is 6.58. The minimum atomic E-state index is 0. The highest BCUT2D eigenvalue weighted by Gasteiger charge is 2.30. The summed E-state index contributed by atoms with van der Waals surface area (Å²) in [5, 5.41) is 3.38. The van der Waals surface area contributed by atoms with E-state index < -0.39 is 0 Å². The lowest BCUT2D eigenvalue weighted by Gasteiger charge is -2.40. The van der Waals surface area contributed by atoms with Crippen LogP contribution >= 0.6 is 12.4 Å². The van der Waals surface area contributed by atoms with Crippen LogP contribution in [0.4, 0.5) is 0 Å². The van der Waals surface area contributed by atoms with Crippen LogP contribution in [0.3, 0.4) is 0 Å². The number of hydrogen-bond acceptors (Lipinski definition) is 2. The Hall–Kier alpha value is -0.280. The SMILES string of the molecule is CC(C)N(C(=O)CCC1CCNCC1)C1CCC1.Cl. The van der Waals surface area contributed by atoms with Crippen LogP contribution in [-0.4, -0.2) is 36.0 Å². The third-order valence-electron chi connectivity index (χ3n) is 4.54. The second kappa shape index (κ2) is 8.11. The van der Waals surface area contributed by atoms with Gasteiger partial charge in [0.15, 0.2) is 0 Å². The molecule has 19 heavy (non-hydrogen) atoms. The molecule has 2 rings (SSSR count). The Kier molecular flexibility index (Phi) is 7.16. The minimum absolute atomic E-state index is 0. The monoisotopic (exact) mass is 288 g/mol. The average molecular weight is 289 g/mol. The quantitative estimate of drug-likeness (QED) is 0.843. The molecule has 0 aromatic heterocycles. The first-order valence-corrected chi connectivity index (χ1v) is 7.70. The summed E-state index contributed by atoms with van der Waals surface area (Å²) >= 11 is 0. The maximum absolute atomic E-state index is 12.4. The zero-order chi connectivity index (χ0) is 13.0. The summed E-state index contributed by atoms with van der Waals surface area (Å²) in [6.07, 6.45) is 8.09. The van der Waals surface area contributed by atoms with Gasteiger partial charge in [0.25, 0.3) is 0 Å². The normalized spacial score (nSPS) is 20.8. The number of amides is 1. The van der Waals surface area contributed by atoms with Crippen molar-refractivity contribution in [2.75, 3.05) is 13.1 Å². The molecule has 0 atom stereocenters. The van der Waals surface area contributed by atoms with Gasteiger partial charge >= 0.3 is 0 Å². The van der Waals surface area contributed by atoms with E-state index >= 15 is 0 Å². The van der Waals surface area contributed by atoms with Crippen molar-refractivity contribution in [2.45, 2.75) is 70.9 Å². The molecule has 1 saturated carbocycles. The van der Waals surface area contributed by atoms with E-state index in [1.54, 1.807) is 0 Å². The van der Waals surface area contributed by atoms with Gasteiger partial charge in [-0.15, -0.1) is 12.4 Å². The Bertz CT molecular complexity index is 273. The molecule has 1 heterocycles. The van der Waals surface area contributed by atoms with Crippen molar-refractivity contribution in [1.29, 1.82) is 0 Å². The molecule has 0 radical (unpaired) electrons. The van der Waals surface area contributed by atoms with E-state index in [0.29, 0.717) is 18.0 Å². The Labute approximate surface area is 123 Å². The Morgan fingerprint density at radius 1 is 1.21 bits per heavy atom. The molecule has 2 fully saturated rings. The van der Waals surface area contributed by atoms with Crippen LogP contribution in [0.5, 0.6) is 0 Å². The molecule has 1 amide bonds. The fourth-order valence-corrected chi connectivity index (χ4v) is 3.21.